The van der Waals surface area contributed by atoms with Crippen molar-refractivity contribution in [1.82, 2.24) is 4.98 Å². The molecule has 3 rings (SSSR count). The summed E-state index contributed by atoms with van der Waals surface area (Å²) in [6.07, 6.45) is 0. The number of amides is 1. The van der Waals surface area contributed by atoms with Crippen LogP contribution in [-0.4, -0.2) is 18.0 Å². The van der Waals surface area contributed by atoms with E-state index in [-0.39, 0.29) is 5.91 Å². The number of para-hydroxylation sites is 1. The maximum atomic E-state index is 12.5. The zero-order valence-electron chi connectivity index (χ0n) is 13.4. The number of thiazole rings is 1. The van der Waals surface area contributed by atoms with Crippen molar-refractivity contribution in [3.63, 3.8) is 0 Å². The average Bonchev–Trinajstić information content (AvgIpc) is 3.14. The first-order chi connectivity index (χ1) is 12.2. The van der Waals surface area contributed by atoms with E-state index < -0.39 is 0 Å². The van der Waals surface area contributed by atoms with Crippen LogP contribution in [0.1, 0.15) is 16.1 Å². The summed E-state index contributed by atoms with van der Waals surface area (Å²) in [5.41, 5.74) is 3.58. The van der Waals surface area contributed by atoms with Crippen LogP contribution in [0.25, 0.3) is 0 Å². The maximum absolute atomic E-state index is 12.5. The number of halogens is 1. The van der Waals surface area contributed by atoms with E-state index in [4.69, 9.17) is 21.1 Å². The molecule has 0 bridgehead atoms. The first-order valence-electron chi connectivity index (χ1n) is 7.41. The van der Waals surface area contributed by atoms with Crippen LogP contribution in [-0.2, 0) is 6.61 Å². The van der Waals surface area contributed by atoms with Crippen LogP contribution in [0.4, 0.5) is 5.69 Å². The molecule has 0 atom stereocenters. The summed E-state index contributed by atoms with van der Waals surface area (Å²) in [6, 6.07) is 12.1. The third-order valence-corrected chi connectivity index (χ3v) is 4.32. The van der Waals surface area contributed by atoms with E-state index >= 15 is 0 Å². The molecular weight excluding hydrogens is 360 g/mol. The van der Waals surface area contributed by atoms with Gasteiger partial charge in [-0.1, -0.05) is 23.7 Å². The van der Waals surface area contributed by atoms with Crippen LogP contribution in [0.3, 0.4) is 0 Å². The van der Waals surface area contributed by atoms with Crippen molar-refractivity contribution in [3.05, 3.63) is 69.6 Å². The lowest BCUT2D eigenvalue weighted by molar-refractivity contribution is 0.102. The smallest absolute Gasteiger partial charge is 0.255 e. The highest BCUT2D eigenvalue weighted by Gasteiger charge is 2.12. The van der Waals surface area contributed by atoms with Gasteiger partial charge < -0.3 is 14.8 Å². The van der Waals surface area contributed by atoms with Gasteiger partial charge >= 0.3 is 0 Å². The van der Waals surface area contributed by atoms with Crippen molar-refractivity contribution in [2.24, 2.45) is 0 Å². The largest absolute Gasteiger partial charge is 0.493 e. The first kappa shape index (κ1) is 17.3. The summed E-state index contributed by atoms with van der Waals surface area (Å²) in [4.78, 5) is 16.7. The molecule has 0 radical (unpaired) electrons. The zero-order chi connectivity index (χ0) is 17.6. The Morgan fingerprint density at radius 1 is 1.28 bits per heavy atom. The second-order valence-electron chi connectivity index (χ2n) is 5.07. The zero-order valence-corrected chi connectivity index (χ0v) is 14.9. The van der Waals surface area contributed by atoms with Gasteiger partial charge in [0.15, 0.2) is 5.75 Å². The van der Waals surface area contributed by atoms with Gasteiger partial charge in [-0.2, -0.15) is 0 Å². The lowest BCUT2D eigenvalue weighted by Gasteiger charge is -2.12. The third-order valence-electron chi connectivity index (χ3n) is 3.39. The number of carbonyl (C=O) groups excluding carboxylic acids is 1. The van der Waals surface area contributed by atoms with Gasteiger partial charge in [0.1, 0.15) is 12.4 Å². The van der Waals surface area contributed by atoms with Gasteiger partial charge in [-0.15, -0.1) is 11.3 Å². The number of ether oxygens (including phenoxy) is 2. The van der Waals surface area contributed by atoms with E-state index in [1.165, 1.54) is 18.4 Å². The molecule has 0 saturated carbocycles. The summed E-state index contributed by atoms with van der Waals surface area (Å²) in [7, 11) is 1.50. The van der Waals surface area contributed by atoms with Gasteiger partial charge in [-0.25, -0.2) is 4.98 Å². The first-order valence-corrected chi connectivity index (χ1v) is 8.73. The van der Waals surface area contributed by atoms with Crippen molar-refractivity contribution in [1.29, 1.82) is 0 Å². The minimum Gasteiger partial charge on any atom is -0.493 e. The molecule has 0 aliphatic rings. The Morgan fingerprint density at radius 3 is 2.88 bits per heavy atom. The molecule has 25 heavy (non-hydrogen) atoms. The van der Waals surface area contributed by atoms with Gasteiger partial charge in [-0.3, -0.25) is 4.79 Å². The SMILES string of the molecule is COc1c(Cl)cccc1NC(=O)c1cccc(OCc2cscn2)c1. The molecule has 0 aliphatic carbocycles. The van der Waals surface area contributed by atoms with Crippen LogP contribution in [0.2, 0.25) is 5.02 Å². The molecule has 5 nitrogen and oxygen atoms in total. The molecule has 0 fully saturated rings. The number of benzene rings is 2. The van der Waals surface area contributed by atoms with Crippen LogP contribution in [0.5, 0.6) is 11.5 Å². The summed E-state index contributed by atoms with van der Waals surface area (Å²) >= 11 is 7.58. The molecule has 1 N–H and O–H groups in total. The monoisotopic (exact) mass is 374 g/mol. The van der Waals surface area contributed by atoms with Gasteiger partial charge in [0.05, 0.1) is 29.0 Å². The number of methoxy groups -OCH3 is 1. The lowest BCUT2D eigenvalue weighted by Crippen LogP contribution is -2.13. The molecule has 0 saturated heterocycles. The van der Waals surface area contributed by atoms with Crippen LogP contribution in [0, 0.1) is 0 Å². The van der Waals surface area contributed by atoms with E-state index in [1.54, 1.807) is 48.0 Å². The standard InChI is InChI=1S/C18H15ClN2O3S/c1-23-17-15(19)6-3-7-16(17)21-18(22)12-4-2-5-14(8-12)24-9-13-10-25-11-20-13/h2-8,10-11H,9H2,1H3,(H,21,22). The Kier molecular flexibility index (Phi) is 5.53. The van der Waals surface area contributed by atoms with Gasteiger partial charge in [0.25, 0.3) is 5.91 Å². The highest BCUT2D eigenvalue weighted by Crippen LogP contribution is 2.32. The number of nitrogens with one attached hydrogen (secondary N) is 1. The number of nitrogens with zero attached hydrogens (tertiary/aromatic N) is 1. The van der Waals surface area contributed by atoms with Crippen LogP contribution >= 0.6 is 22.9 Å². The molecule has 2 aromatic carbocycles. The fraction of sp³-hybridized carbons (Fsp3) is 0.111. The summed E-state index contributed by atoms with van der Waals surface area (Å²) in [5, 5.41) is 5.15. The Hall–Kier alpha value is -2.57. The number of hydrogen-bond donors (Lipinski definition) is 1. The van der Waals surface area contributed by atoms with Gasteiger partial charge in [0, 0.05) is 10.9 Å². The molecule has 1 amide bonds. The maximum Gasteiger partial charge on any atom is 0.255 e. The van der Waals surface area contributed by atoms with E-state index in [2.05, 4.69) is 10.3 Å². The predicted molar refractivity (Wildman–Crippen MR) is 98.8 cm³/mol. The Balaban J connectivity index is 1.72. The average molecular weight is 375 g/mol. The fourth-order valence-electron chi connectivity index (χ4n) is 2.20. The Bertz CT molecular complexity index is 869. The van der Waals surface area contributed by atoms with Crippen molar-refractivity contribution in [2.45, 2.75) is 6.61 Å². The van der Waals surface area contributed by atoms with E-state index in [9.17, 15) is 4.79 Å². The van der Waals surface area contributed by atoms with Crippen LogP contribution < -0.4 is 14.8 Å². The summed E-state index contributed by atoms with van der Waals surface area (Å²) < 4.78 is 10.9. The molecule has 3 aromatic rings. The van der Waals surface area contributed by atoms with Gasteiger partial charge in [-0.05, 0) is 30.3 Å². The predicted octanol–water partition coefficient (Wildman–Crippen LogP) is 4.64. The lowest BCUT2D eigenvalue weighted by atomic mass is 10.2. The topological polar surface area (TPSA) is 60.5 Å². The Morgan fingerprint density at radius 2 is 2.12 bits per heavy atom. The van der Waals surface area contributed by atoms with Gasteiger partial charge in [0.2, 0.25) is 0 Å². The molecule has 0 spiro atoms. The number of carbonyl (C=O) groups is 1. The molecule has 1 aromatic heterocycles. The van der Waals surface area contributed by atoms with Crippen LogP contribution in [0.15, 0.2) is 53.4 Å². The van der Waals surface area contributed by atoms with Crippen molar-refractivity contribution < 1.29 is 14.3 Å². The fourth-order valence-corrected chi connectivity index (χ4v) is 3.00. The molecule has 1 heterocycles. The second kappa shape index (κ2) is 8.00. The van der Waals surface area contributed by atoms with E-state index in [1.807, 2.05) is 5.38 Å². The molecule has 7 heteroatoms. The number of rotatable bonds is 6. The summed E-state index contributed by atoms with van der Waals surface area (Å²) in [5.74, 6) is 0.742. The minimum absolute atomic E-state index is 0.278. The molecule has 128 valence electrons. The normalized spacial score (nSPS) is 10.3. The van der Waals surface area contributed by atoms with Crippen molar-refractivity contribution in [2.75, 3.05) is 12.4 Å². The quantitative estimate of drug-likeness (QED) is 0.683. The molecule has 0 unspecified atom stereocenters. The van der Waals surface area contributed by atoms with E-state index in [0.717, 1.165) is 5.69 Å². The van der Waals surface area contributed by atoms with Crippen molar-refractivity contribution in [3.8, 4) is 11.5 Å². The molecule has 0 aliphatic heterocycles. The van der Waals surface area contributed by atoms with E-state index in [0.29, 0.717) is 34.4 Å². The molecular formula is C18H15ClN2O3S. The number of anilines is 1. The minimum atomic E-state index is -0.278. The second-order valence-corrected chi connectivity index (χ2v) is 6.20. The van der Waals surface area contributed by atoms with Crippen molar-refractivity contribution >= 4 is 34.5 Å². The summed E-state index contributed by atoms with van der Waals surface area (Å²) in [6.45, 7) is 0.358. The third kappa shape index (κ3) is 4.29. The number of hydrogen-bond acceptors (Lipinski definition) is 5. The number of aromatic nitrogens is 1. The highest BCUT2D eigenvalue weighted by molar-refractivity contribution is 7.07. The Labute approximate surface area is 154 Å². The highest BCUT2D eigenvalue weighted by atomic mass is 35.5.